The van der Waals surface area contributed by atoms with E-state index in [1.54, 1.807) is 43.2 Å². The van der Waals surface area contributed by atoms with E-state index in [0.717, 1.165) is 11.1 Å². The molecule has 1 N–H and O–H groups in total. The molecule has 3 heterocycles. The molecule has 228 valence electrons. The van der Waals surface area contributed by atoms with Crippen LogP contribution in [0.1, 0.15) is 42.2 Å². The van der Waals surface area contributed by atoms with Crippen LogP contribution in [0.25, 0.3) is 5.69 Å². The molecule has 1 aliphatic rings. The lowest BCUT2D eigenvalue weighted by molar-refractivity contribution is -0.0242. The first-order valence-electron chi connectivity index (χ1n) is 14.5. The fourth-order valence-electron chi connectivity index (χ4n) is 6.15. The highest BCUT2D eigenvalue weighted by molar-refractivity contribution is 6.72. The van der Waals surface area contributed by atoms with Crippen LogP contribution in [-0.4, -0.2) is 60.0 Å². The molecule has 2 unspecified atom stereocenters. The van der Waals surface area contributed by atoms with E-state index in [9.17, 15) is 9.90 Å². The van der Waals surface area contributed by atoms with Crippen molar-refractivity contribution in [2.75, 3.05) is 20.8 Å². The summed E-state index contributed by atoms with van der Waals surface area (Å²) >= 11 is 0. The van der Waals surface area contributed by atoms with Gasteiger partial charge in [0.15, 0.2) is 5.75 Å². The van der Waals surface area contributed by atoms with E-state index in [1.165, 1.54) is 11.7 Å². The van der Waals surface area contributed by atoms with Gasteiger partial charge in [0.2, 0.25) is 8.41 Å². The second-order valence-corrected chi connectivity index (χ2v) is 15.5. The Morgan fingerprint density at radius 2 is 1.88 bits per heavy atom. The van der Waals surface area contributed by atoms with Crippen molar-refractivity contribution in [3.8, 4) is 17.2 Å². The van der Waals surface area contributed by atoms with Crippen molar-refractivity contribution >= 4 is 8.41 Å². The minimum atomic E-state index is -3.23. The van der Waals surface area contributed by atoms with E-state index >= 15 is 4.11 Å². The molecule has 5 rings (SSSR count). The Kier molecular flexibility index (Phi) is 9.14. The van der Waals surface area contributed by atoms with E-state index in [2.05, 4.69) is 10.3 Å². The molecule has 0 fully saturated rings. The number of methoxy groups -OCH3 is 2. The molecule has 5 atom stereocenters. The molecule has 0 spiro atoms. The summed E-state index contributed by atoms with van der Waals surface area (Å²) in [5.41, 5.74) is 2.48. The molecule has 0 bridgehead atoms. The SMILES string of the molecule is COc1cccn(-c2ccc3c(c2)[C@@H](OC)[C@H](C)[C@@H](C(CCn2cc(C(CO)c4ccccc4)nn2)[Si](C)(C)F)O3)c1=O. The lowest BCUT2D eigenvalue weighted by atomic mass is 9.86. The summed E-state index contributed by atoms with van der Waals surface area (Å²) in [6.45, 7) is 5.83. The number of fused-ring (bicyclic) bond motifs is 1. The summed E-state index contributed by atoms with van der Waals surface area (Å²) in [6, 6.07) is 18.6. The molecule has 11 heteroatoms. The molecular weight excluding hydrogens is 567 g/mol. The number of pyridine rings is 1. The van der Waals surface area contributed by atoms with Gasteiger partial charge in [-0.25, -0.2) is 0 Å². The fraction of sp³-hybridized carbons (Fsp3) is 0.406. The van der Waals surface area contributed by atoms with Gasteiger partial charge in [-0.3, -0.25) is 14.0 Å². The Balaban J connectivity index is 1.39. The van der Waals surface area contributed by atoms with Gasteiger partial charge in [0.25, 0.3) is 5.56 Å². The molecular formula is C32H39FN4O5Si. The third-order valence-electron chi connectivity index (χ3n) is 8.47. The molecule has 9 nitrogen and oxygen atoms in total. The van der Waals surface area contributed by atoms with Gasteiger partial charge in [-0.15, -0.1) is 5.10 Å². The number of hydrogen-bond donors (Lipinski definition) is 1. The summed E-state index contributed by atoms with van der Waals surface area (Å²) in [4.78, 5) is 12.9. The Hall–Kier alpha value is -3.80. The van der Waals surface area contributed by atoms with Crippen LogP contribution in [0.4, 0.5) is 4.11 Å². The standard InChI is InChI=1S/C32H39FN4O5Si/c1-21-30(41-3)24-18-23(37-16-9-12-28(40-2)32(37)39)13-14-27(24)42-31(21)29(43(4,5)33)15-17-36-19-26(34-35-36)25(20-38)22-10-7-6-8-11-22/h6-14,16,18-19,21,25,29-31,38H,15,17,20H2,1-5H3/t21-,25?,29?,30-,31-/m0/s1. The van der Waals surface area contributed by atoms with Crippen molar-refractivity contribution in [3.63, 3.8) is 0 Å². The number of aromatic nitrogens is 4. The zero-order valence-corrected chi connectivity index (χ0v) is 26.2. The average Bonchev–Trinajstić information content (AvgIpc) is 3.46. The van der Waals surface area contributed by atoms with Crippen molar-refractivity contribution in [1.82, 2.24) is 19.6 Å². The number of hydrogen-bond acceptors (Lipinski definition) is 7. The molecule has 0 amide bonds. The molecule has 2 aromatic heterocycles. The van der Waals surface area contributed by atoms with E-state index in [1.807, 2.05) is 61.7 Å². The molecule has 0 aliphatic carbocycles. The molecule has 43 heavy (non-hydrogen) atoms. The van der Waals surface area contributed by atoms with Gasteiger partial charge < -0.3 is 23.4 Å². The van der Waals surface area contributed by atoms with E-state index in [-0.39, 0.29) is 41.4 Å². The van der Waals surface area contributed by atoms with E-state index in [4.69, 9.17) is 14.2 Å². The van der Waals surface area contributed by atoms with Crippen LogP contribution in [0.2, 0.25) is 18.6 Å². The Morgan fingerprint density at radius 1 is 1.12 bits per heavy atom. The van der Waals surface area contributed by atoms with Crippen LogP contribution in [0.3, 0.4) is 0 Å². The maximum absolute atomic E-state index is 16.0. The molecule has 0 radical (unpaired) electrons. The number of aryl methyl sites for hydroxylation is 1. The first-order valence-corrected chi connectivity index (χ1v) is 17.5. The number of benzene rings is 2. The Labute approximate surface area is 252 Å². The van der Waals surface area contributed by atoms with Crippen molar-refractivity contribution < 1.29 is 23.4 Å². The van der Waals surface area contributed by atoms with Gasteiger partial charge >= 0.3 is 0 Å². The van der Waals surface area contributed by atoms with Crippen LogP contribution in [-0.2, 0) is 11.3 Å². The molecule has 2 aromatic carbocycles. The summed E-state index contributed by atoms with van der Waals surface area (Å²) in [6.07, 6.45) is 3.25. The topological polar surface area (TPSA) is 101 Å². The Morgan fingerprint density at radius 3 is 2.56 bits per heavy atom. The monoisotopic (exact) mass is 606 g/mol. The zero-order chi connectivity index (χ0) is 30.7. The van der Waals surface area contributed by atoms with Crippen molar-refractivity contribution in [2.45, 2.75) is 56.7 Å². The van der Waals surface area contributed by atoms with E-state index in [0.29, 0.717) is 30.1 Å². The minimum absolute atomic E-state index is 0.0881. The van der Waals surface area contributed by atoms with Crippen molar-refractivity contribution in [2.24, 2.45) is 5.92 Å². The zero-order valence-electron chi connectivity index (χ0n) is 25.2. The van der Waals surface area contributed by atoms with Crippen LogP contribution in [0.15, 0.2) is 77.9 Å². The van der Waals surface area contributed by atoms with Crippen molar-refractivity contribution in [1.29, 1.82) is 0 Å². The minimum Gasteiger partial charge on any atom is -0.491 e. The summed E-state index contributed by atoms with van der Waals surface area (Å²) in [5.74, 6) is 0.425. The highest BCUT2D eigenvalue weighted by Gasteiger charge is 2.47. The predicted octanol–water partition coefficient (Wildman–Crippen LogP) is 5.28. The maximum atomic E-state index is 16.0. The highest BCUT2D eigenvalue weighted by atomic mass is 28.4. The van der Waals surface area contributed by atoms with Gasteiger partial charge in [-0.05, 0) is 55.4 Å². The quantitative estimate of drug-likeness (QED) is 0.183. The number of aliphatic hydroxyl groups excluding tert-OH is 1. The summed E-state index contributed by atoms with van der Waals surface area (Å²) < 4.78 is 37.0. The van der Waals surface area contributed by atoms with Crippen LogP contribution < -0.4 is 15.0 Å². The van der Waals surface area contributed by atoms with Crippen LogP contribution in [0, 0.1) is 5.92 Å². The van der Waals surface area contributed by atoms with Gasteiger partial charge in [0, 0.05) is 48.8 Å². The molecule has 1 aliphatic heterocycles. The van der Waals surface area contributed by atoms with Gasteiger partial charge in [0.1, 0.15) is 11.9 Å². The second kappa shape index (κ2) is 12.8. The lowest BCUT2D eigenvalue weighted by Crippen LogP contribution is -2.46. The highest BCUT2D eigenvalue weighted by Crippen LogP contribution is 2.47. The lowest BCUT2D eigenvalue weighted by Gasteiger charge is -2.43. The Bertz CT molecular complexity index is 1590. The molecule has 4 aromatic rings. The smallest absolute Gasteiger partial charge is 0.297 e. The second-order valence-electron chi connectivity index (χ2n) is 11.6. The number of rotatable bonds is 11. The third kappa shape index (κ3) is 6.29. The third-order valence-corrected chi connectivity index (χ3v) is 10.8. The maximum Gasteiger partial charge on any atom is 0.297 e. The number of aliphatic hydroxyl groups is 1. The number of nitrogens with zero attached hydrogens (tertiary/aromatic N) is 4. The van der Waals surface area contributed by atoms with Gasteiger partial charge in [0.05, 0.1) is 31.4 Å². The van der Waals surface area contributed by atoms with Crippen LogP contribution >= 0.6 is 0 Å². The normalized spacial score (nSPS) is 19.7. The number of ether oxygens (including phenoxy) is 3. The van der Waals surface area contributed by atoms with Gasteiger partial charge in [-0.1, -0.05) is 42.5 Å². The summed E-state index contributed by atoms with van der Waals surface area (Å²) in [7, 11) is -0.119. The first kappa shape index (κ1) is 30.6. The first-order chi connectivity index (χ1) is 20.7. The van der Waals surface area contributed by atoms with E-state index < -0.39 is 14.5 Å². The molecule has 0 saturated heterocycles. The summed E-state index contributed by atoms with van der Waals surface area (Å²) in [5, 5.41) is 18.7. The molecule has 0 saturated carbocycles. The van der Waals surface area contributed by atoms with Gasteiger partial charge in [-0.2, -0.15) is 0 Å². The predicted molar refractivity (Wildman–Crippen MR) is 164 cm³/mol. The van der Waals surface area contributed by atoms with Crippen LogP contribution in [0.5, 0.6) is 11.5 Å². The number of halogens is 1. The van der Waals surface area contributed by atoms with Crippen molar-refractivity contribution in [3.05, 3.63) is 100 Å². The largest absolute Gasteiger partial charge is 0.491 e. The fourth-order valence-corrected chi connectivity index (χ4v) is 8.12. The average molecular weight is 607 g/mol.